The second kappa shape index (κ2) is 3.75. The molecule has 2 rings (SSSR count). The van der Waals surface area contributed by atoms with Gasteiger partial charge in [-0.15, -0.1) is 0 Å². The van der Waals surface area contributed by atoms with Gasteiger partial charge in [-0.25, -0.2) is 12.7 Å². The smallest absolute Gasteiger partial charge is 0.266 e. The summed E-state index contributed by atoms with van der Waals surface area (Å²) in [6.07, 6.45) is 0.0863. The van der Waals surface area contributed by atoms with E-state index < -0.39 is 15.9 Å². The summed E-state index contributed by atoms with van der Waals surface area (Å²) in [5.41, 5.74) is 0.474. The zero-order chi connectivity index (χ0) is 11.9. The van der Waals surface area contributed by atoms with Crippen LogP contribution >= 0.6 is 11.6 Å². The molecule has 1 aromatic carbocycles. The van der Waals surface area contributed by atoms with E-state index in [1.807, 2.05) is 0 Å². The predicted molar refractivity (Wildman–Crippen MR) is 59.7 cm³/mol. The van der Waals surface area contributed by atoms with E-state index in [0.717, 1.165) is 4.31 Å². The maximum atomic E-state index is 12.0. The summed E-state index contributed by atoms with van der Waals surface area (Å²) in [4.78, 5) is 11.8. The van der Waals surface area contributed by atoms with E-state index in [1.54, 1.807) is 6.92 Å². The number of hydrogen-bond donors (Lipinski definition) is 0. The fourth-order valence-electron chi connectivity index (χ4n) is 1.79. The second-order valence-electron chi connectivity index (χ2n) is 3.49. The number of amides is 1. The minimum Gasteiger partial charge on any atom is -0.273 e. The van der Waals surface area contributed by atoms with Gasteiger partial charge in [-0.2, -0.15) is 0 Å². The lowest BCUT2D eigenvalue weighted by Gasteiger charge is -2.27. The van der Waals surface area contributed by atoms with Crippen LogP contribution in [0.25, 0.3) is 0 Å². The minimum atomic E-state index is -3.67. The summed E-state index contributed by atoms with van der Waals surface area (Å²) in [7, 11) is -3.67. The third-order valence-corrected chi connectivity index (χ3v) is 4.73. The number of carbonyl (C=O) groups excluding carboxylic acids is 1. The van der Waals surface area contributed by atoms with Crippen LogP contribution in [0.5, 0.6) is 0 Å². The van der Waals surface area contributed by atoms with Gasteiger partial charge in [0, 0.05) is 11.6 Å². The first-order valence-corrected chi connectivity index (χ1v) is 6.62. The number of likely N-dealkylation sites (N-methyl/N-ethyl adjacent to an activating group) is 1. The molecule has 16 heavy (non-hydrogen) atoms. The maximum absolute atomic E-state index is 12.0. The lowest BCUT2D eigenvalue weighted by molar-refractivity contribution is -0.126. The standard InChI is InChI=1S/C10H10ClNO3S/c1-2-12-10(13)6-7-5-8(11)3-4-9(7)16(12,14)15/h3-5H,2,6H2,1H3. The summed E-state index contributed by atoms with van der Waals surface area (Å²) < 4.78 is 24.9. The Balaban J connectivity index is 2.67. The van der Waals surface area contributed by atoms with Crippen LogP contribution < -0.4 is 0 Å². The molecule has 1 amide bonds. The molecular formula is C10H10ClNO3S. The molecule has 0 N–H and O–H groups in total. The van der Waals surface area contributed by atoms with Gasteiger partial charge < -0.3 is 0 Å². The molecule has 0 aliphatic carbocycles. The summed E-state index contributed by atoms with van der Waals surface area (Å²) in [5.74, 6) is -0.405. The van der Waals surface area contributed by atoms with E-state index in [1.165, 1.54) is 18.2 Å². The second-order valence-corrected chi connectivity index (χ2v) is 5.76. The monoisotopic (exact) mass is 259 g/mol. The molecule has 86 valence electrons. The molecule has 1 aromatic rings. The highest BCUT2D eigenvalue weighted by atomic mass is 35.5. The molecule has 4 nitrogen and oxygen atoms in total. The van der Waals surface area contributed by atoms with Gasteiger partial charge in [-0.05, 0) is 30.7 Å². The van der Waals surface area contributed by atoms with Crippen molar-refractivity contribution in [3.8, 4) is 0 Å². The molecule has 0 saturated carbocycles. The molecule has 1 heterocycles. The summed E-state index contributed by atoms with van der Waals surface area (Å²) in [5, 5.41) is 0.437. The highest BCUT2D eigenvalue weighted by molar-refractivity contribution is 7.89. The van der Waals surface area contributed by atoms with Crippen molar-refractivity contribution in [2.24, 2.45) is 0 Å². The van der Waals surface area contributed by atoms with Crippen LogP contribution in [0.3, 0.4) is 0 Å². The number of rotatable bonds is 1. The van der Waals surface area contributed by atoms with E-state index >= 15 is 0 Å². The van der Waals surface area contributed by atoms with Crippen molar-refractivity contribution in [3.63, 3.8) is 0 Å². The third-order valence-electron chi connectivity index (χ3n) is 2.50. The Morgan fingerprint density at radius 3 is 2.75 bits per heavy atom. The van der Waals surface area contributed by atoms with E-state index in [-0.39, 0.29) is 17.9 Å². The molecule has 0 aromatic heterocycles. The van der Waals surface area contributed by atoms with Gasteiger partial charge in [0.25, 0.3) is 10.0 Å². The highest BCUT2D eigenvalue weighted by Gasteiger charge is 2.35. The quantitative estimate of drug-likeness (QED) is 0.767. The van der Waals surface area contributed by atoms with Crippen molar-refractivity contribution in [2.45, 2.75) is 18.2 Å². The number of sulfonamides is 1. The number of halogens is 1. The van der Waals surface area contributed by atoms with Gasteiger partial charge in [0.05, 0.1) is 11.3 Å². The van der Waals surface area contributed by atoms with E-state index in [2.05, 4.69) is 0 Å². The first-order chi connectivity index (χ1) is 7.46. The van der Waals surface area contributed by atoms with Gasteiger partial charge >= 0.3 is 0 Å². The highest BCUT2D eigenvalue weighted by Crippen LogP contribution is 2.28. The van der Waals surface area contributed by atoms with Gasteiger partial charge in [0.1, 0.15) is 0 Å². The Labute approximate surface area is 98.9 Å². The Morgan fingerprint density at radius 2 is 2.12 bits per heavy atom. The number of fused-ring (bicyclic) bond motifs is 1. The first kappa shape index (κ1) is 11.4. The lowest BCUT2D eigenvalue weighted by Crippen LogP contribution is -2.41. The van der Waals surface area contributed by atoms with Gasteiger partial charge in [0.2, 0.25) is 5.91 Å². The van der Waals surface area contributed by atoms with Crippen LogP contribution in [-0.2, 0) is 21.2 Å². The molecule has 1 aliphatic heterocycles. The van der Waals surface area contributed by atoms with Crippen LogP contribution in [0.15, 0.2) is 23.1 Å². The summed E-state index contributed by atoms with van der Waals surface area (Å²) >= 11 is 5.77. The summed E-state index contributed by atoms with van der Waals surface area (Å²) in [6.45, 7) is 1.79. The zero-order valence-electron chi connectivity index (χ0n) is 8.60. The molecule has 0 atom stereocenters. The van der Waals surface area contributed by atoms with Crippen LogP contribution in [0.1, 0.15) is 12.5 Å². The molecule has 6 heteroatoms. The summed E-state index contributed by atoms with van der Waals surface area (Å²) in [6, 6.07) is 4.49. The van der Waals surface area contributed by atoms with Crippen LogP contribution in [-0.4, -0.2) is 25.2 Å². The molecule has 0 fully saturated rings. The molecule has 0 bridgehead atoms. The fraction of sp³-hybridized carbons (Fsp3) is 0.300. The normalized spacial score (nSPS) is 18.4. The van der Waals surface area contributed by atoms with Crippen molar-refractivity contribution in [1.82, 2.24) is 4.31 Å². The number of carbonyl (C=O) groups is 1. The largest absolute Gasteiger partial charge is 0.273 e. The van der Waals surface area contributed by atoms with Crippen LogP contribution in [0.4, 0.5) is 0 Å². The van der Waals surface area contributed by atoms with Crippen molar-refractivity contribution in [1.29, 1.82) is 0 Å². The van der Waals surface area contributed by atoms with Gasteiger partial charge in [-0.1, -0.05) is 11.6 Å². The Hall–Kier alpha value is -1.07. The van der Waals surface area contributed by atoms with Crippen molar-refractivity contribution in [2.75, 3.05) is 6.54 Å². The molecule has 0 unspecified atom stereocenters. The zero-order valence-corrected chi connectivity index (χ0v) is 10.2. The molecule has 1 aliphatic rings. The first-order valence-electron chi connectivity index (χ1n) is 4.81. The molecule has 0 spiro atoms. The van der Waals surface area contributed by atoms with Gasteiger partial charge in [0.15, 0.2) is 0 Å². The van der Waals surface area contributed by atoms with Crippen molar-refractivity contribution in [3.05, 3.63) is 28.8 Å². The average molecular weight is 260 g/mol. The van der Waals surface area contributed by atoms with Crippen molar-refractivity contribution < 1.29 is 13.2 Å². The number of nitrogens with zero attached hydrogens (tertiary/aromatic N) is 1. The van der Waals surface area contributed by atoms with E-state index in [4.69, 9.17) is 11.6 Å². The number of benzene rings is 1. The Morgan fingerprint density at radius 1 is 1.44 bits per heavy atom. The lowest BCUT2D eigenvalue weighted by atomic mass is 10.1. The topological polar surface area (TPSA) is 54.5 Å². The average Bonchev–Trinajstić information content (AvgIpc) is 2.16. The van der Waals surface area contributed by atoms with E-state index in [0.29, 0.717) is 10.6 Å². The fourth-order valence-corrected chi connectivity index (χ4v) is 3.60. The van der Waals surface area contributed by atoms with Crippen LogP contribution in [0, 0.1) is 0 Å². The molecule has 0 radical (unpaired) electrons. The predicted octanol–water partition coefficient (Wildman–Crippen LogP) is 1.43. The van der Waals surface area contributed by atoms with Crippen molar-refractivity contribution >= 4 is 27.5 Å². The minimum absolute atomic E-state index is 0.0863. The van der Waals surface area contributed by atoms with Gasteiger partial charge in [-0.3, -0.25) is 4.79 Å². The van der Waals surface area contributed by atoms with Crippen LogP contribution in [0.2, 0.25) is 5.02 Å². The third kappa shape index (κ3) is 1.60. The Bertz CT molecular complexity index is 553. The molecular weight excluding hydrogens is 250 g/mol. The SMILES string of the molecule is CCN1C(=O)Cc2cc(Cl)ccc2S1(=O)=O. The molecule has 0 saturated heterocycles. The van der Waals surface area contributed by atoms with E-state index in [9.17, 15) is 13.2 Å². The number of hydrogen-bond acceptors (Lipinski definition) is 3. The maximum Gasteiger partial charge on any atom is 0.266 e. The Kier molecular flexibility index (Phi) is 2.67.